The zero-order valence-corrected chi connectivity index (χ0v) is 20.5. The molecule has 0 aromatic rings. The average molecular weight is 423 g/mol. The lowest BCUT2D eigenvalue weighted by molar-refractivity contribution is -0.119. The molecule has 3 unspecified atom stereocenters. The molecule has 4 aliphatic rings. The van der Waals surface area contributed by atoms with E-state index in [0.717, 1.165) is 18.4 Å². The number of fused-ring (bicyclic) bond motifs is 5. The van der Waals surface area contributed by atoms with Gasteiger partial charge in [0.2, 0.25) is 0 Å². The number of carbonyl (C=O) groups is 2. The Morgan fingerprint density at radius 2 is 1.74 bits per heavy atom. The number of hydrogen-bond donors (Lipinski definition) is 0. The molecule has 0 aromatic carbocycles. The van der Waals surface area contributed by atoms with Crippen molar-refractivity contribution in [1.82, 2.24) is 0 Å². The van der Waals surface area contributed by atoms with E-state index in [1.807, 2.05) is 6.08 Å². The molecule has 0 aromatic heterocycles. The molecule has 170 valence electrons. The first-order chi connectivity index (χ1) is 14.6. The minimum Gasteiger partial charge on any atom is -0.295 e. The lowest BCUT2D eigenvalue weighted by Gasteiger charge is -2.54. The zero-order chi connectivity index (χ0) is 22.6. The summed E-state index contributed by atoms with van der Waals surface area (Å²) < 4.78 is 0. The second kappa shape index (κ2) is 8.16. The molecule has 31 heavy (non-hydrogen) atoms. The maximum absolute atomic E-state index is 13.1. The molecular weight excluding hydrogens is 380 g/mol. The quantitative estimate of drug-likeness (QED) is 0.442. The van der Waals surface area contributed by atoms with E-state index < -0.39 is 0 Å². The Balaban J connectivity index is 1.61. The van der Waals surface area contributed by atoms with Crippen molar-refractivity contribution in [2.24, 2.45) is 46.3 Å². The fourth-order valence-electron chi connectivity index (χ4n) is 7.93. The lowest BCUT2D eigenvalue weighted by Crippen LogP contribution is -2.48. The SMILES string of the molecule is CCC(/C=C/[C@@H](C)[C@H]1CCC2C3=CC(=O)C4=CC(=O)CC[C@]4(C)C3CC[C@@]21C)C(C)C. The van der Waals surface area contributed by atoms with Crippen LogP contribution in [-0.2, 0) is 9.59 Å². The Labute approximate surface area is 189 Å². The van der Waals surface area contributed by atoms with E-state index in [9.17, 15) is 9.59 Å². The van der Waals surface area contributed by atoms with Crippen molar-refractivity contribution in [3.8, 4) is 0 Å². The van der Waals surface area contributed by atoms with Gasteiger partial charge >= 0.3 is 0 Å². The van der Waals surface area contributed by atoms with Crippen molar-refractivity contribution in [1.29, 1.82) is 0 Å². The van der Waals surface area contributed by atoms with E-state index >= 15 is 0 Å². The highest BCUT2D eigenvalue weighted by atomic mass is 16.1. The van der Waals surface area contributed by atoms with Crippen LogP contribution in [0.4, 0.5) is 0 Å². The number of carbonyl (C=O) groups excluding carboxylic acids is 2. The third kappa shape index (κ3) is 3.62. The number of hydrogen-bond acceptors (Lipinski definition) is 2. The number of ketones is 2. The third-order valence-corrected chi connectivity index (χ3v) is 9.95. The van der Waals surface area contributed by atoms with Crippen LogP contribution in [-0.4, -0.2) is 11.6 Å². The molecule has 0 aliphatic heterocycles. The van der Waals surface area contributed by atoms with Crippen molar-refractivity contribution >= 4 is 11.6 Å². The molecule has 2 nitrogen and oxygen atoms in total. The third-order valence-electron chi connectivity index (χ3n) is 9.95. The molecule has 4 aliphatic carbocycles. The molecular formula is C29H42O2. The van der Waals surface area contributed by atoms with E-state index in [1.165, 1.54) is 31.3 Å². The highest BCUT2D eigenvalue weighted by Crippen LogP contribution is 2.65. The van der Waals surface area contributed by atoms with Gasteiger partial charge in [-0.2, -0.15) is 0 Å². The minimum absolute atomic E-state index is 0.116. The molecule has 0 spiro atoms. The lowest BCUT2D eigenvalue weighted by atomic mass is 9.49. The predicted octanol–water partition coefficient (Wildman–Crippen LogP) is 7.11. The molecule has 2 heteroatoms. The maximum atomic E-state index is 13.1. The maximum Gasteiger partial charge on any atom is 0.182 e. The van der Waals surface area contributed by atoms with Gasteiger partial charge in [0.1, 0.15) is 0 Å². The van der Waals surface area contributed by atoms with Crippen LogP contribution in [0.2, 0.25) is 0 Å². The van der Waals surface area contributed by atoms with Crippen LogP contribution in [0.3, 0.4) is 0 Å². The van der Waals surface area contributed by atoms with Gasteiger partial charge in [-0.05, 0) is 91.6 Å². The predicted molar refractivity (Wildman–Crippen MR) is 127 cm³/mol. The summed E-state index contributed by atoms with van der Waals surface area (Å²) in [5.74, 6) is 3.85. The van der Waals surface area contributed by atoms with Gasteiger partial charge in [0.05, 0.1) is 0 Å². The Hall–Kier alpha value is -1.44. The summed E-state index contributed by atoms with van der Waals surface area (Å²) >= 11 is 0. The first kappa shape index (κ1) is 22.7. The highest BCUT2D eigenvalue weighted by Gasteiger charge is 2.58. The summed E-state index contributed by atoms with van der Waals surface area (Å²) in [6, 6.07) is 0. The molecule has 0 heterocycles. The normalized spacial score (nSPS) is 39.6. The molecule has 7 atom stereocenters. The van der Waals surface area contributed by atoms with Gasteiger partial charge in [0.15, 0.2) is 11.6 Å². The zero-order valence-electron chi connectivity index (χ0n) is 20.5. The molecule has 2 fully saturated rings. The van der Waals surface area contributed by atoms with Crippen molar-refractivity contribution < 1.29 is 9.59 Å². The first-order valence-electron chi connectivity index (χ1n) is 12.8. The fourth-order valence-corrected chi connectivity index (χ4v) is 7.93. The largest absolute Gasteiger partial charge is 0.295 e. The first-order valence-corrected chi connectivity index (χ1v) is 12.8. The van der Waals surface area contributed by atoms with Gasteiger partial charge in [-0.3, -0.25) is 9.59 Å². The van der Waals surface area contributed by atoms with Crippen LogP contribution < -0.4 is 0 Å². The molecule has 4 rings (SSSR count). The van der Waals surface area contributed by atoms with Gasteiger partial charge in [0, 0.05) is 17.4 Å². The monoisotopic (exact) mass is 422 g/mol. The van der Waals surface area contributed by atoms with Crippen LogP contribution in [0.5, 0.6) is 0 Å². The van der Waals surface area contributed by atoms with Crippen LogP contribution in [0.25, 0.3) is 0 Å². The number of rotatable bonds is 5. The smallest absolute Gasteiger partial charge is 0.182 e. The summed E-state index contributed by atoms with van der Waals surface area (Å²) in [5, 5.41) is 0. The van der Waals surface area contributed by atoms with E-state index in [-0.39, 0.29) is 22.4 Å². The highest BCUT2D eigenvalue weighted by molar-refractivity contribution is 6.11. The average Bonchev–Trinajstić information content (AvgIpc) is 3.07. The molecule has 0 radical (unpaired) electrons. The fraction of sp³-hybridized carbons (Fsp3) is 0.724. The van der Waals surface area contributed by atoms with Gasteiger partial charge in [-0.25, -0.2) is 0 Å². The summed E-state index contributed by atoms with van der Waals surface area (Å²) in [5.41, 5.74) is 2.38. The van der Waals surface area contributed by atoms with Crippen molar-refractivity contribution in [2.45, 2.75) is 86.5 Å². The summed E-state index contributed by atoms with van der Waals surface area (Å²) in [7, 11) is 0. The summed E-state index contributed by atoms with van der Waals surface area (Å²) in [6.07, 6.45) is 16.2. The Morgan fingerprint density at radius 3 is 2.42 bits per heavy atom. The van der Waals surface area contributed by atoms with E-state index in [4.69, 9.17) is 0 Å². The Morgan fingerprint density at radius 1 is 1.00 bits per heavy atom. The van der Waals surface area contributed by atoms with Crippen LogP contribution in [0.1, 0.15) is 86.5 Å². The van der Waals surface area contributed by atoms with E-state index in [0.29, 0.717) is 41.9 Å². The number of allylic oxidation sites excluding steroid dienone is 6. The minimum atomic E-state index is -0.133. The van der Waals surface area contributed by atoms with Crippen molar-refractivity contribution in [2.75, 3.05) is 0 Å². The molecule has 0 saturated heterocycles. The second-order valence-corrected chi connectivity index (χ2v) is 11.8. The second-order valence-electron chi connectivity index (χ2n) is 11.8. The van der Waals surface area contributed by atoms with Gasteiger partial charge < -0.3 is 0 Å². The standard InChI is InChI=1S/C29H42O2/c1-7-20(18(2)3)9-8-19(4)23-10-11-24-22-17-27(31)26-16-21(30)12-14-29(26,6)25(22)13-15-28(23,24)5/h8-9,16-20,23-25H,7,10-15H2,1-6H3/b9-8+/t19-,20?,23-,24?,25?,28-,29-/m1/s1. The van der Waals surface area contributed by atoms with Gasteiger partial charge in [0.25, 0.3) is 0 Å². The van der Waals surface area contributed by atoms with E-state index in [1.54, 1.807) is 6.08 Å². The van der Waals surface area contributed by atoms with Gasteiger partial charge in [-0.1, -0.05) is 59.3 Å². The van der Waals surface area contributed by atoms with Crippen LogP contribution in [0, 0.1) is 46.3 Å². The Kier molecular flexibility index (Phi) is 5.99. The van der Waals surface area contributed by atoms with Gasteiger partial charge in [-0.15, -0.1) is 0 Å². The molecule has 0 bridgehead atoms. The van der Waals surface area contributed by atoms with Crippen molar-refractivity contribution in [3.63, 3.8) is 0 Å². The summed E-state index contributed by atoms with van der Waals surface area (Å²) in [6.45, 7) is 14.1. The Bertz CT molecular complexity index is 843. The summed E-state index contributed by atoms with van der Waals surface area (Å²) in [4.78, 5) is 25.1. The van der Waals surface area contributed by atoms with E-state index in [2.05, 4.69) is 53.7 Å². The van der Waals surface area contributed by atoms with Crippen LogP contribution in [0.15, 0.2) is 35.5 Å². The molecule has 0 amide bonds. The molecule has 0 N–H and O–H groups in total. The topological polar surface area (TPSA) is 34.1 Å². The van der Waals surface area contributed by atoms with Crippen LogP contribution >= 0.6 is 0 Å². The molecule has 2 saturated carbocycles. The van der Waals surface area contributed by atoms with Crippen molar-refractivity contribution in [3.05, 3.63) is 35.5 Å².